The molecule has 6 heteroatoms. The van der Waals surface area contributed by atoms with Gasteiger partial charge in [-0.25, -0.2) is 0 Å². The van der Waals surface area contributed by atoms with Gasteiger partial charge < -0.3 is 20.5 Å². The highest BCUT2D eigenvalue weighted by atomic mass is 79.9. The monoisotopic (exact) mass is 392 g/mol. The van der Waals surface area contributed by atoms with Gasteiger partial charge in [-0.05, 0) is 48.7 Å². The fourth-order valence-electron chi connectivity index (χ4n) is 2.34. The van der Waals surface area contributed by atoms with Crippen molar-refractivity contribution in [2.24, 2.45) is 0 Å². The van der Waals surface area contributed by atoms with Crippen molar-refractivity contribution in [1.82, 2.24) is 0 Å². The maximum Gasteiger partial charge on any atom is 0.224 e. The molecule has 0 radical (unpaired) electrons. The number of hydrogen-bond acceptors (Lipinski definition) is 4. The molecule has 3 N–H and O–H groups in total. The molecule has 2 aromatic rings. The van der Waals surface area contributed by atoms with Gasteiger partial charge in [0.05, 0.1) is 25.6 Å². The molecule has 2 aromatic carbocycles. The van der Waals surface area contributed by atoms with E-state index in [2.05, 4.69) is 21.2 Å². The van der Waals surface area contributed by atoms with E-state index in [4.69, 9.17) is 15.2 Å². The molecule has 1 amide bonds. The minimum absolute atomic E-state index is 0.0963. The van der Waals surface area contributed by atoms with Gasteiger partial charge in [0, 0.05) is 17.0 Å². The fourth-order valence-corrected chi connectivity index (χ4v) is 2.91. The maximum absolute atomic E-state index is 12.2. The lowest BCUT2D eigenvalue weighted by Gasteiger charge is -2.12. The van der Waals surface area contributed by atoms with Crippen LogP contribution in [0.4, 0.5) is 11.4 Å². The van der Waals surface area contributed by atoms with Crippen LogP contribution in [-0.2, 0) is 11.2 Å². The van der Waals surface area contributed by atoms with Crippen LogP contribution in [0.25, 0.3) is 0 Å². The number of amides is 1. The lowest BCUT2D eigenvalue weighted by Crippen LogP contribution is -2.14. The lowest BCUT2D eigenvalue weighted by atomic mass is 10.1. The number of benzene rings is 2. The molecule has 0 heterocycles. The van der Waals surface area contributed by atoms with Crippen LogP contribution in [0.3, 0.4) is 0 Å². The van der Waals surface area contributed by atoms with Gasteiger partial charge >= 0.3 is 0 Å². The Labute approximate surface area is 150 Å². The summed E-state index contributed by atoms with van der Waals surface area (Å²) in [5.41, 5.74) is 9.10. The van der Waals surface area contributed by atoms with Crippen LogP contribution in [0, 0.1) is 6.92 Å². The van der Waals surface area contributed by atoms with Crippen LogP contribution in [-0.4, -0.2) is 20.1 Å². The average molecular weight is 393 g/mol. The quantitative estimate of drug-likeness (QED) is 0.730. The summed E-state index contributed by atoms with van der Waals surface area (Å²) in [7, 11) is 3.20. The number of carbonyl (C=O) groups excluding carboxylic acids is 1. The summed E-state index contributed by atoms with van der Waals surface area (Å²) in [6.07, 6.45) is 0.910. The molecule has 24 heavy (non-hydrogen) atoms. The summed E-state index contributed by atoms with van der Waals surface area (Å²) < 4.78 is 11.4. The van der Waals surface area contributed by atoms with Crippen molar-refractivity contribution in [3.05, 3.63) is 45.9 Å². The van der Waals surface area contributed by atoms with Gasteiger partial charge in [0.15, 0.2) is 0 Å². The second-order valence-corrected chi connectivity index (χ2v) is 6.37. The summed E-state index contributed by atoms with van der Waals surface area (Å²) >= 11 is 3.41. The first-order chi connectivity index (χ1) is 11.4. The molecule has 0 aliphatic rings. The molecule has 0 saturated carbocycles. The van der Waals surface area contributed by atoms with E-state index in [1.165, 1.54) is 0 Å². The molecule has 0 unspecified atom stereocenters. The van der Waals surface area contributed by atoms with Crippen molar-refractivity contribution in [3.8, 4) is 11.5 Å². The van der Waals surface area contributed by atoms with Crippen molar-refractivity contribution in [3.63, 3.8) is 0 Å². The van der Waals surface area contributed by atoms with Gasteiger partial charge in [-0.1, -0.05) is 15.9 Å². The molecule has 0 saturated heterocycles. The topological polar surface area (TPSA) is 73.6 Å². The Morgan fingerprint density at radius 2 is 1.75 bits per heavy atom. The number of nitrogens with one attached hydrogen (secondary N) is 1. The Kier molecular flexibility index (Phi) is 6.09. The zero-order valence-corrected chi connectivity index (χ0v) is 15.6. The normalized spacial score (nSPS) is 10.3. The standard InChI is InChI=1S/C18H21BrN2O3/c1-11-6-13(19)9-16(18(11)20)21-17(22)5-4-12-7-14(23-2)10-15(8-12)24-3/h6-10H,4-5,20H2,1-3H3,(H,21,22). The van der Waals surface area contributed by atoms with Crippen LogP contribution in [0.1, 0.15) is 17.5 Å². The van der Waals surface area contributed by atoms with Gasteiger partial charge in [0.25, 0.3) is 0 Å². The highest BCUT2D eigenvalue weighted by Crippen LogP contribution is 2.28. The smallest absolute Gasteiger partial charge is 0.224 e. The molecule has 128 valence electrons. The van der Waals surface area contributed by atoms with Crippen molar-refractivity contribution >= 4 is 33.2 Å². The van der Waals surface area contributed by atoms with E-state index >= 15 is 0 Å². The minimum atomic E-state index is -0.0963. The number of carbonyl (C=O) groups is 1. The van der Waals surface area contributed by atoms with Gasteiger partial charge in [-0.3, -0.25) is 4.79 Å². The van der Waals surface area contributed by atoms with Gasteiger partial charge in [-0.2, -0.15) is 0 Å². The molecule has 0 fully saturated rings. The summed E-state index contributed by atoms with van der Waals surface area (Å²) in [4.78, 5) is 12.2. The molecule has 0 bridgehead atoms. The maximum atomic E-state index is 12.2. The molecule has 0 spiro atoms. The third kappa shape index (κ3) is 4.64. The van der Waals surface area contributed by atoms with Crippen molar-refractivity contribution < 1.29 is 14.3 Å². The highest BCUT2D eigenvalue weighted by molar-refractivity contribution is 9.10. The van der Waals surface area contributed by atoms with E-state index in [0.29, 0.717) is 35.7 Å². The molecular weight excluding hydrogens is 372 g/mol. The number of anilines is 2. The summed E-state index contributed by atoms with van der Waals surface area (Å²) in [6, 6.07) is 9.30. The van der Waals surface area contributed by atoms with E-state index in [1.807, 2.05) is 25.1 Å². The number of nitrogen functional groups attached to an aromatic ring is 1. The SMILES string of the molecule is COc1cc(CCC(=O)Nc2cc(Br)cc(C)c2N)cc(OC)c1. The van der Waals surface area contributed by atoms with E-state index in [9.17, 15) is 4.79 Å². The van der Waals surface area contributed by atoms with Crippen LogP contribution in [0.5, 0.6) is 11.5 Å². The Morgan fingerprint density at radius 1 is 1.12 bits per heavy atom. The van der Waals surface area contributed by atoms with E-state index in [1.54, 1.807) is 26.4 Å². The number of nitrogens with two attached hydrogens (primary N) is 1. The highest BCUT2D eigenvalue weighted by Gasteiger charge is 2.10. The average Bonchev–Trinajstić information content (AvgIpc) is 2.57. The summed E-state index contributed by atoms with van der Waals surface area (Å²) in [6.45, 7) is 1.90. The van der Waals surface area contributed by atoms with Gasteiger partial charge in [0.2, 0.25) is 5.91 Å². The second kappa shape index (κ2) is 8.06. The first kappa shape index (κ1) is 18.1. The van der Waals surface area contributed by atoms with Crippen LogP contribution in [0.2, 0.25) is 0 Å². The van der Waals surface area contributed by atoms with Crippen molar-refractivity contribution in [2.75, 3.05) is 25.3 Å². The fraction of sp³-hybridized carbons (Fsp3) is 0.278. The Morgan fingerprint density at radius 3 is 2.33 bits per heavy atom. The third-order valence-corrected chi connectivity index (χ3v) is 4.14. The molecule has 2 rings (SSSR count). The van der Waals surface area contributed by atoms with Gasteiger partial charge in [0.1, 0.15) is 11.5 Å². The molecule has 0 aliphatic carbocycles. The molecular formula is C18H21BrN2O3. The molecule has 0 aliphatic heterocycles. The minimum Gasteiger partial charge on any atom is -0.497 e. The second-order valence-electron chi connectivity index (χ2n) is 5.45. The number of methoxy groups -OCH3 is 2. The molecule has 0 aromatic heterocycles. The van der Waals surface area contributed by atoms with Crippen molar-refractivity contribution in [1.29, 1.82) is 0 Å². The number of ether oxygens (including phenoxy) is 2. The number of rotatable bonds is 6. The molecule has 5 nitrogen and oxygen atoms in total. The summed E-state index contributed by atoms with van der Waals surface area (Å²) in [5.74, 6) is 1.31. The summed E-state index contributed by atoms with van der Waals surface area (Å²) in [5, 5.41) is 2.86. The predicted octanol–water partition coefficient (Wildman–Crippen LogP) is 3.93. The van der Waals surface area contributed by atoms with Crippen LogP contribution in [0.15, 0.2) is 34.8 Å². The lowest BCUT2D eigenvalue weighted by molar-refractivity contribution is -0.116. The largest absolute Gasteiger partial charge is 0.497 e. The number of hydrogen-bond donors (Lipinski definition) is 2. The Balaban J connectivity index is 2.04. The van der Waals surface area contributed by atoms with Crippen LogP contribution < -0.4 is 20.5 Å². The number of halogens is 1. The Bertz CT molecular complexity index is 725. The van der Waals surface area contributed by atoms with E-state index in [0.717, 1.165) is 15.6 Å². The molecule has 0 atom stereocenters. The van der Waals surface area contributed by atoms with Crippen molar-refractivity contribution in [2.45, 2.75) is 19.8 Å². The third-order valence-electron chi connectivity index (χ3n) is 3.68. The van der Waals surface area contributed by atoms with Crippen LogP contribution >= 0.6 is 15.9 Å². The zero-order valence-electron chi connectivity index (χ0n) is 14.0. The van der Waals surface area contributed by atoms with Gasteiger partial charge in [-0.15, -0.1) is 0 Å². The van der Waals surface area contributed by atoms with E-state index < -0.39 is 0 Å². The first-order valence-corrected chi connectivity index (χ1v) is 8.29. The predicted molar refractivity (Wildman–Crippen MR) is 99.8 cm³/mol. The zero-order chi connectivity index (χ0) is 17.7. The first-order valence-electron chi connectivity index (χ1n) is 7.50. The Hall–Kier alpha value is -2.21. The number of aryl methyl sites for hydroxylation is 2. The van der Waals surface area contributed by atoms with E-state index in [-0.39, 0.29) is 5.91 Å².